The van der Waals surface area contributed by atoms with Crippen LogP contribution in [-0.4, -0.2) is 39.2 Å². The summed E-state index contributed by atoms with van der Waals surface area (Å²) in [5, 5.41) is 15.9. The number of alkyl halides is 2. The summed E-state index contributed by atoms with van der Waals surface area (Å²) < 4.78 is 26.6. The summed E-state index contributed by atoms with van der Waals surface area (Å²) in [6.45, 7) is 3.68. The number of halogens is 3. The quantitative estimate of drug-likeness (QED) is 0.764. The number of carboxylic acid groups (broad SMARTS) is 1. The molecule has 0 radical (unpaired) electrons. The second-order valence-corrected chi connectivity index (χ2v) is 6.41. The van der Waals surface area contributed by atoms with Gasteiger partial charge in [-0.3, -0.25) is 4.79 Å². The van der Waals surface area contributed by atoms with E-state index in [4.69, 9.17) is 16.7 Å². The highest BCUT2D eigenvalue weighted by Crippen LogP contribution is 2.24. The molecule has 1 heterocycles. The molecule has 1 aromatic heterocycles. The van der Waals surface area contributed by atoms with Gasteiger partial charge in [0.25, 0.3) is 5.91 Å². The van der Waals surface area contributed by atoms with Crippen LogP contribution in [-0.2, 0) is 4.79 Å². The predicted octanol–water partition coefficient (Wildman–Crippen LogP) is 3.49. The first-order valence-corrected chi connectivity index (χ1v) is 8.24. The zero-order valence-corrected chi connectivity index (χ0v) is 14.9. The first-order chi connectivity index (χ1) is 12.2. The SMILES string of the molecule is CC(C)c1c(C(=O)NC(CC(F)F)C(=O)O)cnn1-c1ccc(Cl)cc1. The molecular weight excluding hydrogens is 368 g/mol. The zero-order chi connectivity index (χ0) is 19.4. The summed E-state index contributed by atoms with van der Waals surface area (Å²) in [4.78, 5) is 23.6. The van der Waals surface area contributed by atoms with E-state index in [0.717, 1.165) is 0 Å². The van der Waals surface area contributed by atoms with Crippen LogP contribution in [0, 0.1) is 0 Å². The highest BCUT2D eigenvalue weighted by Gasteiger charge is 2.27. The normalized spacial score (nSPS) is 12.4. The monoisotopic (exact) mass is 385 g/mol. The minimum Gasteiger partial charge on any atom is -0.480 e. The van der Waals surface area contributed by atoms with Gasteiger partial charge in [0, 0.05) is 11.4 Å². The molecule has 0 aliphatic heterocycles. The number of hydrogen-bond donors (Lipinski definition) is 2. The summed E-state index contributed by atoms with van der Waals surface area (Å²) in [5.74, 6) is -2.41. The van der Waals surface area contributed by atoms with Crippen molar-refractivity contribution >= 4 is 23.5 Å². The van der Waals surface area contributed by atoms with Gasteiger partial charge < -0.3 is 10.4 Å². The lowest BCUT2D eigenvalue weighted by Gasteiger charge is -2.16. The summed E-state index contributed by atoms with van der Waals surface area (Å²) in [6.07, 6.45) is -2.53. The zero-order valence-electron chi connectivity index (χ0n) is 14.1. The number of benzene rings is 1. The van der Waals surface area contributed by atoms with Crippen molar-refractivity contribution in [2.45, 2.75) is 38.7 Å². The van der Waals surface area contributed by atoms with Crippen molar-refractivity contribution in [2.75, 3.05) is 0 Å². The van der Waals surface area contributed by atoms with Crippen LogP contribution in [0.25, 0.3) is 5.69 Å². The van der Waals surface area contributed by atoms with Crippen molar-refractivity contribution in [3.05, 3.63) is 46.7 Å². The fourth-order valence-corrected chi connectivity index (χ4v) is 2.64. The van der Waals surface area contributed by atoms with Crippen molar-refractivity contribution in [2.24, 2.45) is 0 Å². The minimum absolute atomic E-state index is 0.132. The van der Waals surface area contributed by atoms with Crippen LogP contribution in [0.2, 0.25) is 5.02 Å². The largest absolute Gasteiger partial charge is 0.480 e. The molecule has 0 saturated heterocycles. The molecule has 1 amide bonds. The second-order valence-electron chi connectivity index (χ2n) is 5.98. The van der Waals surface area contributed by atoms with Crippen molar-refractivity contribution in [1.82, 2.24) is 15.1 Å². The van der Waals surface area contributed by atoms with Gasteiger partial charge in [-0.1, -0.05) is 25.4 Å². The number of nitrogens with one attached hydrogen (secondary N) is 1. The van der Waals surface area contributed by atoms with E-state index in [1.165, 1.54) is 6.20 Å². The topological polar surface area (TPSA) is 84.2 Å². The Balaban J connectivity index is 2.35. The maximum absolute atomic E-state index is 12.5. The maximum atomic E-state index is 12.5. The molecule has 0 aliphatic rings. The molecular formula is C17H18ClF2N3O3. The van der Waals surface area contributed by atoms with E-state index in [-0.39, 0.29) is 11.5 Å². The molecule has 140 valence electrons. The van der Waals surface area contributed by atoms with Gasteiger partial charge in [0.1, 0.15) is 6.04 Å². The number of aromatic nitrogens is 2. The molecule has 6 nitrogen and oxygen atoms in total. The van der Waals surface area contributed by atoms with Crippen LogP contribution in [0.4, 0.5) is 8.78 Å². The summed E-state index contributed by atoms with van der Waals surface area (Å²) in [6, 6.07) is 5.11. The van der Waals surface area contributed by atoms with Crippen molar-refractivity contribution < 1.29 is 23.5 Å². The Morgan fingerprint density at radius 3 is 2.38 bits per heavy atom. The van der Waals surface area contributed by atoms with Crippen molar-refractivity contribution in [3.63, 3.8) is 0 Å². The van der Waals surface area contributed by atoms with Gasteiger partial charge in [-0.25, -0.2) is 18.3 Å². The molecule has 0 fully saturated rings. The molecule has 2 rings (SSSR count). The molecule has 0 saturated carbocycles. The van der Waals surface area contributed by atoms with Gasteiger partial charge in [0.2, 0.25) is 6.43 Å². The number of carboxylic acids is 1. The summed E-state index contributed by atoms with van der Waals surface area (Å²) in [5.41, 5.74) is 1.33. The van der Waals surface area contributed by atoms with E-state index in [0.29, 0.717) is 16.4 Å². The van der Waals surface area contributed by atoms with E-state index in [9.17, 15) is 18.4 Å². The molecule has 0 aliphatic carbocycles. The summed E-state index contributed by atoms with van der Waals surface area (Å²) in [7, 11) is 0. The molecule has 1 atom stereocenters. The minimum atomic E-state index is -2.85. The first-order valence-electron chi connectivity index (χ1n) is 7.86. The number of hydrogen-bond acceptors (Lipinski definition) is 3. The van der Waals surface area contributed by atoms with Gasteiger partial charge >= 0.3 is 5.97 Å². The third kappa shape index (κ3) is 4.57. The number of carbonyl (C=O) groups excluding carboxylic acids is 1. The molecule has 2 N–H and O–H groups in total. The lowest BCUT2D eigenvalue weighted by molar-refractivity contribution is -0.140. The number of aliphatic carboxylic acids is 1. The molecule has 1 unspecified atom stereocenters. The first kappa shape index (κ1) is 19.8. The predicted molar refractivity (Wildman–Crippen MR) is 92.2 cm³/mol. The van der Waals surface area contributed by atoms with Crippen LogP contribution >= 0.6 is 11.6 Å². The third-order valence-corrected chi connectivity index (χ3v) is 3.94. The van der Waals surface area contributed by atoms with E-state index >= 15 is 0 Å². The van der Waals surface area contributed by atoms with Crippen LogP contribution in [0.15, 0.2) is 30.5 Å². The smallest absolute Gasteiger partial charge is 0.326 e. The maximum Gasteiger partial charge on any atom is 0.326 e. The van der Waals surface area contributed by atoms with Crippen LogP contribution in [0.5, 0.6) is 0 Å². The molecule has 0 spiro atoms. The van der Waals surface area contributed by atoms with Gasteiger partial charge in [0.15, 0.2) is 0 Å². The number of carbonyl (C=O) groups is 2. The molecule has 2 aromatic rings. The van der Waals surface area contributed by atoms with Crippen molar-refractivity contribution in [3.8, 4) is 5.69 Å². The Kier molecular flexibility index (Phi) is 6.31. The Morgan fingerprint density at radius 2 is 1.88 bits per heavy atom. The summed E-state index contributed by atoms with van der Waals surface area (Å²) >= 11 is 5.87. The van der Waals surface area contributed by atoms with Gasteiger partial charge in [-0.05, 0) is 30.2 Å². The van der Waals surface area contributed by atoms with Gasteiger partial charge in [-0.2, -0.15) is 5.10 Å². The Labute approximate surface area is 153 Å². The highest BCUT2D eigenvalue weighted by molar-refractivity contribution is 6.30. The molecule has 1 aromatic carbocycles. The number of amides is 1. The van der Waals surface area contributed by atoms with Crippen LogP contribution < -0.4 is 5.32 Å². The van der Waals surface area contributed by atoms with Crippen molar-refractivity contribution in [1.29, 1.82) is 0 Å². The second kappa shape index (κ2) is 8.27. The Bertz CT molecular complexity index is 791. The number of rotatable bonds is 7. The standard InChI is InChI=1S/C17H18ClF2N3O3/c1-9(2)15-12(16(24)22-13(17(25)26)7-14(19)20)8-21-23(15)11-5-3-10(18)4-6-11/h3-6,8-9,13-14H,7H2,1-2H3,(H,22,24)(H,25,26). The lowest BCUT2D eigenvalue weighted by atomic mass is 10.0. The average Bonchev–Trinajstić information content (AvgIpc) is 2.99. The van der Waals surface area contributed by atoms with E-state index in [1.54, 1.807) is 28.9 Å². The van der Waals surface area contributed by atoms with E-state index < -0.39 is 30.8 Å². The fourth-order valence-electron chi connectivity index (χ4n) is 2.51. The average molecular weight is 386 g/mol. The van der Waals surface area contributed by atoms with E-state index in [1.807, 2.05) is 13.8 Å². The molecule has 0 bridgehead atoms. The van der Waals surface area contributed by atoms with Crippen LogP contribution in [0.3, 0.4) is 0 Å². The molecule has 9 heteroatoms. The van der Waals surface area contributed by atoms with Gasteiger partial charge in [0.05, 0.1) is 23.1 Å². The fraction of sp³-hybridized carbons (Fsp3) is 0.353. The van der Waals surface area contributed by atoms with Crippen LogP contribution in [0.1, 0.15) is 42.2 Å². The third-order valence-electron chi connectivity index (χ3n) is 3.69. The Hall–Kier alpha value is -2.48. The molecule has 26 heavy (non-hydrogen) atoms. The van der Waals surface area contributed by atoms with E-state index in [2.05, 4.69) is 10.4 Å². The highest BCUT2D eigenvalue weighted by atomic mass is 35.5. The Morgan fingerprint density at radius 1 is 1.27 bits per heavy atom. The number of nitrogens with zero attached hydrogens (tertiary/aromatic N) is 2. The van der Waals surface area contributed by atoms with Gasteiger partial charge in [-0.15, -0.1) is 0 Å². The lowest BCUT2D eigenvalue weighted by Crippen LogP contribution is -2.42.